The quantitative estimate of drug-likeness (QED) is 0.190. The summed E-state index contributed by atoms with van der Waals surface area (Å²) in [6, 6.07) is 58.3. The Kier molecular flexibility index (Phi) is 6.53. The van der Waals surface area contributed by atoms with Crippen LogP contribution in [0.3, 0.4) is 0 Å². The fraction of sp³-hybridized carbons (Fsp3) is 0.0625. The lowest BCUT2D eigenvalue weighted by Crippen LogP contribution is -2.14. The van der Waals surface area contributed by atoms with E-state index in [1.165, 1.54) is 38.6 Å². The monoisotopic (exact) mass is 651 g/mol. The van der Waals surface area contributed by atoms with Gasteiger partial charge in [0.05, 0.1) is 0 Å². The first-order valence-corrected chi connectivity index (χ1v) is 17.5. The summed E-state index contributed by atoms with van der Waals surface area (Å²) in [6.07, 6.45) is 0. The molecule has 0 saturated heterocycles. The van der Waals surface area contributed by atoms with Gasteiger partial charge in [0.1, 0.15) is 0 Å². The van der Waals surface area contributed by atoms with Crippen LogP contribution in [0.15, 0.2) is 164 Å². The molecule has 0 N–H and O–H groups in total. The van der Waals surface area contributed by atoms with Crippen LogP contribution in [0.4, 0.5) is 0 Å². The van der Waals surface area contributed by atoms with Crippen LogP contribution in [0.5, 0.6) is 0 Å². The lowest BCUT2D eigenvalue weighted by Gasteiger charge is -2.22. The maximum atomic E-state index is 5.37. The molecule has 1 aliphatic carbocycles. The van der Waals surface area contributed by atoms with Crippen LogP contribution in [-0.4, -0.2) is 15.0 Å². The van der Waals surface area contributed by atoms with Gasteiger partial charge in [-0.1, -0.05) is 172 Å². The number of hydrogen-bond acceptors (Lipinski definition) is 3. The highest BCUT2D eigenvalue weighted by Gasteiger charge is 2.37. The van der Waals surface area contributed by atoms with Crippen molar-refractivity contribution in [1.29, 1.82) is 0 Å². The van der Waals surface area contributed by atoms with Crippen LogP contribution in [0.25, 0.3) is 88.7 Å². The summed E-state index contributed by atoms with van der Waals surface area (Å²) in [6.45, 7) is 4.68. The van der Waals surface area contributed by atoms with Crippen LogP contribution >= 0.6 is 0 Å². The second-order valence-electron chi connectivity index (χ2n) is 14.0. The topological polar surface area (TPSA) is 38.7 Å². The highest BCUT2D eigenvalue weighted by atomic mass is 15.0. The zero-order chi connectivity index (χ0) is 34.1. The van der Waals surface area contributed by atoms with Gasteiger partial charge >= 0.3 is 0 Å². The van der Waals surface area contributed by atoms with Crippen LogP contribution < -0.4 is 0 Å². The van der Waals surface area contributed by atoms with Crippen LogP contribution in [0, 0.1) is 0 Å². The SMILES string of the molecule is CC1(C)c2ccccc2-c2c(-c3c(-c4nc(-c5cccc6ccccc56)nc(-c5cccc6ccccc56)n4)ccc4ccccc34)cccc21. The van der Waals surface area contributed by atoms with E-state index in [0.29, 0.717) is 17.5 Å². The molecule has 3 heteroatoms. The van der Waals surface area contributed by atoms with E-state index in [1.54, 1.807) is 0 Å². The molecule has 0 radical (unpaired) electrons. The van der Waals surface area contributed by atoms with E-state index >= 15 is 0 Å². The van der Waals surface area contributed by atoms with Crippen molar-refractivity contribution in [2.75, 3.05) is 0 Å². The maximum absolute atomic E-state index is 5.37. The van der Waals surface area contributed by atoms with E-state index in [2.05, 4.69) is 178 Å². The summed E-state index contributed by atoms with van der Waals surface area (Å²) in [5.41, 5.74) is 10.4. The van der Waals surface area contributed by atoms with E-state index in [1.807, 2.05) is 0 Å². The van der Waals surface area contributed by atoms with Crippen molar-refractivity contribution in [2.24, 2.45) is 0 Å². The number of hydrogen-bond donors (Lipinski definition) is 0. The van der Waals surface area contributed by atoms with Crippen LogP contribution in [-0.2, 0) is 5.41 Å². The van der Waals surface area contributed by atoms with Gasteiger partial charge in [-0.2, -0.15) is 0 Å². The van der Waals surface area contributed by atoms with Crippen molar-refractivity contribution in [1.82, 2.24) is 15.0 Å². The Balaban J connectivity index is 1.31. The fourth-order valence-corrected chi connectivity index (χ4v) is 8.29. The Morgan fingerprint density at radius 2 is 0.745 bits per heavy atom. The number of rotatable bonds is 4. The molecule has 0 spiro atoms. The standard InChI is InChI=1S/C48H33N3/c1-48(2)41-26-10-9-22-38(41)44-39(25-13-27-42(44)48)43-35-21-8-5-16-32(35)28-29-40(43)47-50-45(36-23-11-17-30-14-3-6-19-33(30)36)49-46(51-47)37-24-12-18-31-15-4-7-20-34(31)37/h3-29H,1-2H3. The van der Waals surface area contributed by atoms with Crippen LogP contribution in [0.1, 0.15) is 25.0 Å². The predicted molar refractivity (Wildman–Crippen MR) is 212 cm³/mol. The first kappa shape index (κ1) is 29.5. The van der Waals surface area contributed by atoms with Crippen molar-refractivity contribution in [3.8, 4) is 56.4 Å². The second-order valence-corrected chi connectivity index (χ2v) is 14.0. The average molecular weight is 652 g/mol. The van der Waals surface area contributed by atoms with Crippen molar-refractivity contribution in [3.05, 3.63) is 175 Å². The number of aromatic nitrogens is 3. The summed E-state index contributed by atoms with van der Waals surface area (Å²) in [4.78, 5) is 16.0. The molecule has 0 amide bonds. The van der Waals surface area contributed by atoms with Crippen molar-refractivity contribution < 1.29 is 0 Å². The average Bonchev–Trinajstić information content (AvgIpc) is 3.43. The molecular weight excluding hydrogens is 619 g/mol. The molecule has 0 bridgehead atoms. The molecule has 8 aromatic carbocycles. The van der Waals surface area contributed by atoms with Gasteiger partial charge in [0, 0.05) is 27.7 Å². The Labute approximate surface area is 297 Å². The lowest BCUT2D eigenvalue weighted by atomic mass is 9.81. The van der Waals surface area contributed by atoms with Gasteiger partial charge in [0.2, 0.25) is 0 Å². The van der Waals surface area contributed by atoms with E-state index in [-0.39, 0.29) is 5.41 Å². The minimum absolute atomic E-state index is 0.122. The molecule has 0 saturated carbocycles. The van der Waals surface area contributed by atoms with Gasteiger partial charge in [-0.3, -0.25) is 0 Å². The number of nitrogens with zero attached hydrogens (tertiary/aromatic N) is 3. The normalized spacial score (nSPS) is 13.1. The largest absolute Gasteiger partial charge is 0.208 e. The zero-order valence-corrected chi connectivity index (χ0v) is 28.4. The van der Waals surface area contributed by atoms with Crippen molar-refractivity contribution >= 4 is 32.3 Å². The van der Waals surface area contributed by atoms with Gasteiger partial charge in [0.25, 0.3) is 0 Å². The van der Waals surface area contributed by atoms with Crippen LogP contribution in [0.2, 0.25) is 0 Å². The van der Waals surface area contributed by atoms with E-state index in [0.717, 1.165) is 43.8 Å². The molecule has 1 heterocycles. The molecule has 3 nitrogen and oxygen atoms in total. The molecule has 9 aromatic rings. The minimum atomic E-state index is -0.122. The molecule has 10 rings (SSSR count). The smallest absolute Gasteiger partial charge is 0.164 e. The van der Waals surface area contributed by atoms with Gasteiger partial charge in [-0.05, 0) is 66.2 Å². The summed E-state index contributed by atoms with van der Waals surface area (Å²) in [5.74, 6) is 1.96. The van der Waals surface area contributed by atoms with Gasteiger partial charge in [0.15, 0.2) is 17.5 Å². The number of fused-ring (bicyclic) bond motifs is 6. The van der Waals surface area contributed by atoms with Gasteiger partial charge < -0.3 is 0 Å². The summed E-state index contributed by atoms with van der Waals surface area (Å²) in [5, 5.41) is 6.87. The third-order valence-electron chi connectivity index (χ3n) is 10.7. The van der Waals surface area contributed by atoms with E-state index in [4.69, 9.17) is 15.0 Å². The zero-order valence-electron chi connectivity index (χ0n) is 28.4. The second kappa shape index (κ2) is 11.3. The van der Waals surface area contributed by atoms with E-state index in [9.17, 15) is 0 Å². The predicted octanol–water partition coefficient (Wildman–Crippen LogP) is 12.3. The number of benzene rings is 8. The summed E-state index contributed by atoms with van der Waals surface area (Å²) < 4.78 is 0. The van der Waals surface area contributed by atoms with Gasteiger partial charge in [-0.15, -0.1) is 0 Å². The molecule has 1 aromatic heterocycles. The van der Waals surface area contributed by atoms with Gasteiger partial charge in [-0.25, -0.2) is 15.0 Å². The Morgan fingerprint density at radius 3 is 1.39 bits per heavy atom. The molecule has 0 fully saturated rings. The first-order chi connectivity index (χ1) is 25.1. The lowest BCUT2D eigenvalue weighted by molar-refractivity contribution is 0.660. The maximum Gasteiger partial charge on any atom is 0.164 e. The summed E-state index contributed by atoms with van der Waals surface area (Å²) >= 11 is 0. The minimum Gasteiger partial charge on any atom is -0.208 e. The van der Waals surface area contributed by atoms with Crippen molar-refractivity contribution in [3.63, 3.8) is 0 Å². The molecule has 0 atom stereocenters. The molecular formula is C48H33N3. The highest BCUT2D eigenvalue weighted by Crippen LogP contribution is 2.53. The molecule has 240 valence electrons. The first-order valence-electron chi connectivity index (χ1n) is 17.5. The third-order valence-corrected chi connectivity index (χ3v) is 10.7. The van der Waals surface area contributed by atoms with Crippen molar-refractivity contribution in [2.45, 2.75) is 19.3 Å². The molecule has 0 aliphatic heterocycles. The highest BCUT2D eigenvalue weighted by molar-refractivity contribution is 6.08. The Hall–Kier alpha value is -6.45. The summed E-state index contributed by atoms with van der Waals surface area (Å²) in [7, 11) is 0. The van der Waals surface area contributed by atoms with E-state index < -0.39 is 0 Å². The Morgan fingerprint density at radius 1 is 0.314 bits per heavy atom. The third kappa shape index (κ3) is 4.55. The molecule has 0 unspecified atom stereocenters. The molecule has 51 heavy (non-hydrogen) atoms. The fourth-order valence-electron chi connectivity index (χ4n) is 8.29. The molecule has 1 aliphatic rings. The Bertz CT molecular complexity index is 2740.